The van der Waals surface area contributed by atoms with Crippen molar-refractivity contribution in [2.24, 2.45) is 11.1 Å². The predicted octanol–water partition coefficient (Wildman–Crippen LogP) is 2.37. The van der Waals surface area contributed by atoms with E-state index in [-0.39, 0.29) is 5.91 Å². The van der Waals surface area contributed by atoms with E-state index in [9.17, 15) is 4.79 Å². The van der Waals surface area contributed by atoms with Crippen LogP contribution in [0, 0.1) is 12.3 Å². The second-order valence-electron chi connectivity index (χ2n) is 6.02. The number of benzene rings is 1. The first kappa shape index (κ1) is 14.7. The highest BCUT2D eigenvalue weighted by molar-refractivity contribution is 5.83. The summed E-state index contributed by atoms with van der Waals surface area (Å²) in [5.74, 6) is -0.0171. The second-order valence-corrected chi connectivity index (χ2v) is 6.02. The Morgan fingerprint density at radius 3 is 2.39 bits per heavy atom. The van der Waals surface area contributed by atoms with Gasteiger partial charge >= 0.3 is 0 Å². The van der Waals surface area contributed by atoms with Gasteiger partial charge in [0, 0.05) is 12.1 Å². The fourth-order valence-corrected chi connectivity index (χ4v) is 1.52. The van der Waals surface area contributed by atoms with Gasteiger partial charge in [-0.25, -0.2) is 0 Å². The smallest absolute Gasteiger partial charge is 0.227 e. The Hall–Kier alpha value is -1.35. The maximum Gasteiger partial charge on any atom is 0.227 e. The predicted molar refractivity (Wildman–Crippen MR) is 75.1 cm³/mol. The molecule has 18 heavy (non-hydrogen) atoms. The highest BCUT2D eigenvalue weighted by atomic mass is 16.2. The summed E-state index contributed by atoms with van der Waals surface area (Å²) in [5.41, 5.74) is 7.19. The highest BCUT2D eigenvalue weighted by Gasteiger charge is 2.40. The van der Waals surface area contributed by atoms with Gasteiger partial charge in [-0.2, -0.15) is 0 Å². The molecule has 0 fully saturated rings. The number of rotatable bonds is 4. The monoisotopic (exact) mass is 248 g/mol. The summed E-state index contributed by atoms with van der Waals surface area (Å²) in [6.07, 6.45) is 0. The number of hydrogen-bond acceptors (Lipinski definition) is 2. The number of aryl methyl sites for hydroxylation is 1. The average molecular weight is 248 g/mol. The van der Waals surface area contributed by atoms with E-state index in [4.69, 9.17) is 5.73 Å². The van der Waals surface area contributed by atoms with E-state index in [1.807, 2.05) is 52.8 Å². The van der Waals surface area contributed by atoms with Gasteiger partial charge in [0.2, 0.25) is 5.91 Å². The molecule has 0 atom stereocenters. The van der Waals surface area contributed by atoms with Crippen LogP contribution in [0.15, 0.2) is 24.3 Å². The molecule has 0 radical (unpaired) electrons. The molecule has 0 spiro atoms. The molecule has 3 N–H and O–H groups in total. The van der Waals surface area contributed by atoms with Gasteiger partial charge in [0.05, 0.1) is 5.41 Å². The maximum atomic E-state index is 12.2. The van der Waals surface area contributed by atoms with E-state index in [1.165, 1.54) is 5.56 Å². The van der Waals surface area contributed by atoms with Gasteiger partial charge in [-0.15, -0.1) is 0 Å². The molecule has 0 saturated heterocycles. The van der Waals surface area contributed by atoms with Gasteiger partial charge in [-0.05, 0) is 40.2 Å². The molecule has 0 saturated carbocycles. The van der Waals surface area contributed by atoms with E-state index < -0.39 is 11.0 Å². The van der Waals surface area contributed by atoms with Crippen LogP contribution in [0.25, 0.3) is 0 Å². The van der Waals surface area contributed by atoms with Crippen LogP contribution in [-0.2, 0) is 11.3 Å². The average Bonchev–Trinajstić information content (AvgIpc) is 2.24. The van der Waals surface area contributed by atoms with Crippen LogP contribution in [0.2, 0.25) is 0 Å². The molecule has 3 heteroatoms. The summed E-state index contributed by atoms with van der Waals surface area (Å²) < 4.78 is 0. The van der Waals surface area contributed by atoms with Crippen molar-refractivity contribution < 1.29 is 4.79 Å². The number of nitrogens with two attached hydrogens (primary N) is 1. The van der Waals surface area contributed by atoms with Crippen molar-refractivity contribution in [1.29, 1.82) is 0 Å². The zero-order chi connectivity index (χ0) is 14.0. The Labute approximate surface area is 110 Å². The minimum atomic E-state index is -0.600. The highest BCUT2D eigenvalue weighted by Crippen LogP contribution is 2.28. The summed E-state index contributed by atoms with van der Waals surface area (Å²) >= 11 is 0. The van der Waals surface area contributed by atoms with Crippen molar-refractivity contribution in [3.8, 4) is 0 Å². The van der Waals surface area contributed by atoms with Crippen LogP contribution in [0.5, 0.6) is 0 Å². The number of carbonyl (C=O) groups excluding carboxylic acids is 1. The van der Waals surface area contributed by atoms with Crippen molar-refractivity contribution >= 4 is 5.91 Å². The van der Waals surface area contributed by atoms with Gasteiger partial charge in [-0.3, -0.25) is 4.79 Å². The summed E-state index contributed by atoms with van der Waals surface area (Å²) in [5, 5.41) is 2.95. The van der Waals surface area contributed by atoms with Gasteiger partial charge in [0.1, 0.15) is 0 Å². The Morgan fingerprint density at radius 2 is 1.89 bits per heavy atom. The molecule has 0 aromatic heterocycles. The van der Waals surface area contributed by atoms with E-state index in [2.05, 4.69) is 11.4 Å². The fourth-order valence-electron chi connectivity index (χ4n) is 1.52. The largest absolute Gasteiger partial charge is 0.352 e. The van der Waals surface area contributed by atoms with Crippen molar-refractivity contribution in [1.82, 2.24) is 5.32 Å². The summed E-state index contributed by atoms with van der Waals surface area (Å²) in [4.78, 5) is 12.2. The third-order valence-electron chi connectivity index (χ3n) is 3.71. The topological polar surface area (TPSA) is 55.1 Å². The first-order valence-electron chi connectivity index (χ1n) is 6.27. The molecule has 0 heterocycles. The Morgan fingerprint density at radius 1 is 1.28 bits per heavy atom. The van der Waals surface area contributed by atoms with E-state index in [1.54, 1.807) is 0 Å². The maximum absolute atomic E-state index is 12.2. The quantitative estimate of drug-likeness (QED) is 0.859. The molecule has 1 rings (SSSR count). The Balaban J connectivity index is 2.67. The molecular formula is C15H24N2O. The minimum absolute atomic E-state index is 0.0171. The lowest BCUT2D eigenvalue weighted by Gasteiger charge is -2.36. The van der Waals surface area contributed by atoms with Crippen LogP contribution in [0.4, 0.5) is 0 Å². The van der Waals surface area contributed by atoms with E-state index in [0.29, 0.717) is 6.54 Å². The van der Waals surface area contributed by atoms with Crippen LogP contribution in [0.3, 0.4) is 0 Å². The molecule has 0 aliphatic heterocycles. The van der Waals surface area contributed by atoms with Crippen LogP contribution in [-0.4, -0.2) is 11.4 Å². The third-order valence-corrected chi connectivity index (χ3v) is 3.71. The fraction of sp³-hybridized carbons (Fsp3) is 0.533. The lowest BCUT2D eigenvalue weighted by atomic mass is 9.74. The van der Waals surface area contributed by atoms with Crippen LogP contribution >= 0.6 is 0 Å². The number of nitrogens with one attached hydrogen (secondary N) is 1. The second kappa shape index (κ2) is 5.11. The zero-order valence-electron chi connectivity index (χ0n) is 12.0. The first-order chi connectivity index (χ1) is 8.14. The number of carbonyl (C=O) groups is 1. The summed E-state index contributed by atoms with van der Waals surface area (Å²) in [6.45, 7) is 10.1. The van der Waals surface area contributed by atoms with Gasteiger partial charge in [-0.1, -0.05) is 29.8 Å². The van der Waals surface area contributed by atoms with E-state index >= 15 is 0 Å². The SMILES string of the molecule is Cc1cccc(CNC(=O)C(C)(C)C(C)(C)N)c1. The normalized spacial score (nSPS) is 12.3. The van der Waals surface area contributed by atoms with E-state index in [0.717, 1.165) is 5.56 Å². The van der Waals surface area contributed by atoms with Crippen molar-refractivity contribution in [2.45, 2.75) is 46.7 Å². The molecule has 1 aromatic rings. The van der Waals surface area contributed by atoms with Crippen molar-refractivity contribution in [3.63, 3.8) is 0 Å². The molecule has 0 bridgehead atoms. The molecular weight excluding hydrogens is 224 g/mol. The molecule has 0 aliphatic rings. The number of hydrogen-bond donors (Lipinski definition) is 2. The number of amides is 1. The third kappa shape index (κ3) is 3.33. The zero-order valence-corrected chi connectivity index (χ0v) is 12.0. The molecule has 3 nitrogen and oxygen atoms in total. The van der Waals surface area contributed by atoms with Gasteiger partial charge < -0.3 is 11.1 Å². The van der Waals surface area contributed by atoms with Crippen LogP contribution < -0.4 is 11.1 Å². The van der Waals surface area contributed by atoms with Gasteiger partial charge in [0.25, 0.3) is 0 Å². The molecule has 1 aromatic carbocycles. The summed E-state index contributed by atoms with van der Waals surface area (Å²) in [6, 6.07) is 8.11. The van der Waals surface area contributed by atoms with Gasteiger partial charge in [0.15, 0.2) is 0 Å². The molecule has 0 aliphatic carbocycles. The first-order valence-corrected chi connectivity index (χ1v) is 6.27. The lowest BCUT2D eigenvalue weighted by molar-refractivity contribution is -0.132. The van der Waals surface area contributed by atoms with Crippen molar-refractivity contribution in [2.75, 3.05) is 0 Å². The van der Waals surface area contributed by atoms with Crippen molar-refractivity contribution in [3.05, 3.63) is 35.4 Å². The minimum Gasteiger partial charge on any atom is -0.352 e. The molecule has 1 amide bonds. The Bertz CT molecular complexity index is 430. The summed E-state index contributed by atoms with van der Waals surface area (Å²) in [7, 11) is 0. The Kier molecular flexibility index (Phi) is 4.17. The lowest BCUT2D eigenvalue weighted by Crippen LogP contribution is -2.55. The standard InChI is InChI=1S/C15H24N2O/c1-11-7-6-8-12(9-11)10-17-13(18)14(2,3)15(4,5)16/h6-9H,10,16H2,1-5H3,(H,17,18). The molecule has 100 valence electrons. The molecule has 0 unspecified atom stereocenters. The van der Waals surface area contributed by atoms with Crippen LogP contribution in [0.1, 0.15) is 38.8 Å².